The molecule has 1 aromatic carbocycles. The van der Waals surface area contributed by atoms with Crippen LogP contribution in [0, 0.1) is 0 Å². The van der Waals surface area contributed by atoms with E-state index in [-0.39, 0.29) is 0 Å². The monoisotopic (exact) mass is 286 g/mol. The van der Waals surface area contributed by atoms with Crippen molar-refractivity contribution in [2.45, 2.75) is 44.6 Å². The van der Waals surface area contributed by atoms with Crippen LogP contribution in [0.3, 0.4) is 0 Å². The van der Waals surface area contributed by atoms with Crippen molar-refractivity contribution in [3.8, 4) is 0 Å². The van der Waals surface area contributed by atoms with E-state index >= 15 is 0 Å². The molecule has 1 fully saturated rings. The molecule has 1 heterocycles. The van der Waals surface area contributed by atoms with Crippen LogP contribution in [-0.2, 0) is 12.7 Å². The second-order valence-corrected chi connectivity index (χ2v) is 5.53. The van der Waals surface area contributed by atoms with Gasteiger partial charge in [0.15, 0.2) is 0 Å². The fourth-order valence-electron chi connectivity index (χ4n) is 2.80. The third kappa shape index (κ3) is 3.73. The topological polar surface area (TPSA) is 15.3 Å². The summed E-state index contributed by atoms with van der Waals surface area (Å²) in [5.41, 5.74) is 0.169. The van der Waals surface area contributed by atoms with Gasteiger partial charge in [0.05, 0.1) is 5.56 Å². The molecule has 1 aliphatic rings. The Bertz CT molecular complexity index is 445. The van der Waals surface area contributed by atoms with Crippen molar-refractivity contribution < 1.29 is 13.2 Å². The third-order valence-corrected chi connectivity index (χ3v) is 4.06. The number of piperidine rings is 1. The molecule has 0 radical (unpaired) electrons. The molecule has 2 atom stereocenters. The van der Waals surface area contributed by atoms with E-state index in [0.717, 1.165) is 31.0 Å². The van der Waals surface area contributed by atoms with Crippen molar-refractivity contribution in [1.82, 2.24) is 10.2 Å². The molecule has 0 aliphatic carbocycles. The second-order valence-electron chi connectivity index (χ2n) is 5.53. The van der Waals surface area contributed by atoms with Gasteiger partial charge in [-0.3, -0.25) is 4.90 Å². The maximum Gasteiger partial charge on any atom is 0.416 e. The number of nitrogens with zero attached hydrogens (tertiary/aromatic N) is 1. The Morgan fingerprint density at radius 2 is 2.10 bits per heavy atom. The Hall–Kier alpha value is -1.07. The quantitative estimate of drug-likeness (QED) is 0.917. The van der Waals surface area contributed by atoms with Crippen LogP contribution in [-0.4, -0.2) is 30.6 Å². The van der Waals surface area contributed by atoms with Gasteiger partial charge in [-0.15, -0.1) is 0 Å². The van der Waals surface area contributed by atoms with Crippen molar-refractivity contribution in [2.24, 2.45) is 0 Å². The molecule has 0 saturated carbocycles. The zero-order valence-electron chi connectivity index (χ0n) is 11.9. The Labute approximate surface area is 118 Å². The maximum absolute atomic E-state index is 12.7. The molecule has 1 aromatic rings. The van der Waals surface area contributed by atoms with Crippen LogP contribution in [0.4, 0.5) is 13.2 Å². The molecule has 1 aliphatic heterocycles. The molecule has 1 saturated heterocycles. The summed E-state index contributed by atoms with van der Waals surface area (Å²) in [6.07, 6.45) is -2.18. The predicted octanol–water partition coefficient (Wildman–Crippen LogP) is 3.28. The Morgan fingerprint density at radius 1 is 1.35 bits per heavy atom. The Kier molecular flexibility index (Phi) is 4.70. The largest absolute Gasteiger partial charge is 0.416 e. The number of rotatable bonds is 3. The lowest BCUT2D eigenvalue weighted by atomic mass is 9.97. The molecule has 112 valence electrons. The lowest BCUT2D eigenvalue weighted by Gasteiger charge is -2.37. The van der Waals surface area contributed by atoms with Crippen molar-refractivity contribution in [3.05, 3.63) is 35.4 Å². The summed E-state index contributed by atoms with van der Waals surface area (Å²) in [7, 11) is 1.96. The maximum atomic E-state index is 12.7. The molecular formula is C15H21F3N2. The molecule has 0 amide bonds. The Balaban J connectivity index is 2.03. The van der Waals surface area contributed by atoms with Gasteiger partial charge in [0.25, 0.3) is 0 Å². The molecule has 2 unspecified atom stereocenters. The number of likely N-dealkylation sites (tertiary alicyclic amines) is 1. The fraction of sp³-hybridized carbons (Fsp3) is 0.600. The van der Waals surface area contributed by atoms with Gasteiger partial charge in [-0.25, -0.2) is 0 Å². The first-order valence-electron chi connectivity index (χ1n) is 6.97. The van der Waals surface area contributed by atoms with Gasteiger partial charge >= 0.3 is 6.18 Å². The van der Waals surface area contributed by atoms with Crippen molar-refractivity contribution in [3.63, 3.8) is 0 Å². The minimum absolute atomic E-state index is 0.385. The molecule has 5 heteroatoms. The Morgan fingerprint density at radius 3 is 2.70 bits per heavy atom. The van der Waals surface area contributed by atoms with Crippen LogP contribution >= 0.6 is 0 Å². The summed E-state index contributed by atoms with van der Waals surface area (Å²) in [6, 6.07) is 6.55. The molecule has 0 bridgehead atoms. The van der Waals surface area contributed by atoms with E-state index in [2.05, 4.69) is 17.1 Å². The highest BCUT2D eigenvalue weighted by Gasteiger charge is 2.31. The van der Waals surface area contributed by atoms with Gasteiger partial charge in [0, 0.05) is 25.2 Å². The van der Waals surface area contributed by atoms with Gasteiger partial charge < -0.3 is 5.32 Å². The van der Waals surface area contributed by atoms with Crippen molar-refractivity contribution >= 4 is 0 Å². The molecular weight excluding hydrogens is 265 g/mol. The van der Waals surface area contributed by atoms with Crippen molar-refractivity contribution in [1.29, 1.82) is 0 Å². The first-order valence-corrected chi connectivity index (χ1v) is 6.97. The highest BCUT2D eigenvalue weighted by molar-refractivity contribution is 5.25. The van der Waals surface area contributed by atoms with Gasteiger partial charge in [0.2, 0.25) is 0 Å². The average molecular weight is 286 g/mol. The zero-order chi connectivity index (χ0) is 14.8. The number of halogens is 3. The standard InChI is InChI=1S/C15H21F3N2/c1-11-8-14(19-2)6-7-20(11)10-12-4-3-5-13(9-12)15(16,17)18/h3-5,9,11,14,19H,6-8,10H2,1-2H3. The third-order valence-electron chi connectivity index (χ3n) is 4.06. The summed E-state index contributed by atoms with van der Waals surface area (Å²) in [4.78, 5) is 2.25. The molecule has 20 heavy (non-hydrogen) atoms. The second kappa shape index (κ2) is 6.14. The highest BCUT2D eigenvalue weighted by Crippen LogP contribution is 2.30. The van der Waals surface area contributed by atoms with Crippen LogP contribution in [0.25, 0.3) is 0 Å². The van der Waals surface area contributed by atoms with E-state index in [1.54, 1.807) is 6.07 Å². The number of hydrogen-bond acceptors (Lipinski definition) is 2. The molecule has 0 spiro atoms. The summed E-state index contributed by atoms with van der Waals surface area (Å²) < 4.78 is 38.1. The zero-order valence-corrected chi connectivity index (χ0v) is 11.9. The number of hydrogen-bond donors (Lipinski definition) is 1. The minimum Gasteiger partial charge on any atom is -0.317 e. The van der Waals surface area contributed by atoms with Crippen LogP contribution in [0.2, 0.25) is 0 Å². The van der Waals surface area contributed by atoms with E-state index in [4.69, 9.17) is 0 Å². The predicted molar refractivity (Wildman–Crippen MR) is 73.4 cm³/mol. The number of alkyl halides is 3. The van der Waals surface area contributed by atoms with Gasteiger partial charge in [-0.05, 0) is 38.4 Å². The van der Waals surface area contributed by atoms with Crippen LogP contribution in [0.5, 0.6) is 0 Å². The highest BCUT2D eigenvalue weighted by atomic mass is 19.4. The van der Waals surface area contributed by atoms with Crippen molar-refractivity contribution in [2.75, 3.05) is 13.6 Å². The SMILES string of the molecule is CNC1CCN(Cc2cccc(C(F)(F)F)c2)C(C)C1. The minimum atomic E-state index is -4.26. The van der Waals surface area contributed by atoms with E-state index in [1.165, 1.54) is 12.1 Å². The van der Waals surface area contributed by atoms with Gasteiger partial charge in [-0.1, -0.05) is 18.2 Å². The molecule has 2 nitrogen and oxygen atoms in total. The summed E-state index contributed by atoms with van der Waals surface area (Å²) in [6.45, 7) is 3.64. The summed E-state index contributed by atoms with van der Waals surface area (Å²) in [5.74, 6) is 0. The molecule has 0 aromatic heterocycles. The average Bonchev–Trinajstić information content (AvgIpc) is 2.40. The van der Waals surface area contributed by atoms with E-state index in [0.29, 0.717) is 18.6 Å². The van der Waals surface area contributed by atoms with E-state index in [1.807, 2.05) is 7.05 Å². The van der Waals surface area contributed by atoms with Gasteiger partial charge in [0.1, 0.15) is 0 Å². The summed E-state index contributed by atoms with van der Waals surface area (Å²) >= 11 is 0. The van der Waals surface area contributed by atoms with E-state index < -0.39 is 11.7 Å². The lowest BCUT2D eigenvalue weighted by Crippen LogP contribution is -2.46. The lowest BCUT2D eigenvalue weighted by molar-refractivity contribution is -0.137. The van der Waals surface area contributed by atoms with E-state index in [9.17, 15) is 13.2 Å². The number of benzene rings is 1. The van der Waals surface area contributed by atoms with Crippen LogP contribution < -0.4 is 5.32 Å². The summed E-state index contributed by atoms with van der Waals surface area (Å²) in [5, 5.41) is 3.27. The fourth-order valence-corrected chi connectivity index (χ4v) is 2.80. The molecule has 1 N–H and O–H groups in total. The smallest absolute Gasteiger partial charge is 0.317 e. The normalized spacial score (nSPS) is 24.9. The first kappa shape index (κ1) is 15.3. The van der Waals surface area contributed by atoms with Crippen LogP contribution in [0.15, 0.2) is 24.3 Å². The van der Waals surface area contributed by atoms with Crippen LogP contribution in [0.1, 0.15) is 30.9 Å². The molecule has 2 rings (SSSR count). The van der Waals surface area contributed by atoms with Gasteiger partial charge in [-0.2, -0.15) is 13.2 Å². The first-order chi connectivity index (χ1) is 9.40. The number of nitrogens with one attached hydrogen (secondary N) is 1.